The highest BCUT2D eigenvalue weighted by Crippen LogP contribution is 2.32. The Bertz CT molecular complexity index is 1290. The van der Waals surface area contributed by atoms with Crippen molar-refractivity contribution in [3.05, 3.63) is 84.7 Å². The summed E-state index contributed by atoms with van der Waals surface area (Å²) >= 11 is 0. The second kappa shape index (κ2) is 9.20. The molecule has 0 aliphatic heterocycles. The van der Waals surface area contributed by atoms with Crippen LogP contribution in [0, 0.1) is 6.92 Å². The highest BCUT2D eigenvalue weighted by atomic mass is 16.2. The van der Waals surface area contributed by atoms with Crippen molar-refractivity contribution < 1.29 is 4.79 Å². The monoisotopic (exact) mass is 424 g/mol. The van der Waals surface area contributed by atoms with Gasteiger partial charge in [0.15, 0.2) is 0 Å². The van der Waals surface area contributed by atoms with E-state index in [9.17, 15) is 4.79 Å². The molecule has 5 heteroatoms. The summed E-state index contributed by atoms with van der Waals surface area (Å²) in [6.07, 6.45) is 7.38. The molecule has 1 N–H and O–H groups in total. The molecule has 0 unspecified atom stereocenters. The van der Waals surface area contributed by atoms with E-state index in [1.54, 1.807) is 18.0 Å². The maximum atomic E-state index is 12.5. The highest BCUT2D eigenvalue weighted by Gasteiger charge is 2.12. The minimum Gasteiger partial charge on any atom is -0.346 e. The maximum Gasteiger partial charge on any atom is 0.250 e. The Kier molecular flexibility index (Phi) is 6.19. The van der Waals surface area contributed by atoms with Crippen molar-refractivity contribution in [1.29, 1.82) is 0 Å². The minimum absolute atomic E-state index is 0.0510. The fourth-order valence-corrected chi connectivity index (χ4v) is 3.71. The molecule has 0 saturated carbocycles. The molecule has 2 aromatic carbocycles. The maximum absolute atomic E-state index is 12.5. The van der Waals surface area contributed by atoms with Crippen LogP contribution in [0.3, 0.4) is 0 Å². The van der Waals surface area contributed by atoms with Crippen molar-refractivity contribution in [3.8, 4) is 22.3 Å². The number of benzene rings is 2. The fraction of sp³-hybridized carbons (Fsp3) is 0.185. The molecule has 0 spiro atoms. The third-order valence-corrected chi connectivity index (χ3v) is 5.49. The molecular formula is C27H28N4O. The van der Waals surface area contributed by atoms with E-state index in [1.807, 2.05) is 61.7 Å². The van der Waals surface area contributed by atoms with Crippen molar-refractivity contribution in [3.63, 3.8) is 0 Å². The van der Waals surface area contributed by atoms with Crippen LogP contribution < -0.4 is 4.90 Å². The number of carbonyl (C=O) groups is 1. The Morgan fingerprint density at radius 1 is 1.00 bits per heavy atom. The number of likely N-dealkylation sites (N-methyl/N-ethyl adjacent to an activating group) is 2. The number of hydrogen-bond donors (Lipinski definition) is 1. The van der Waals surface area contributed by atoms with Crippen LogP contribution in [-0.2, 0) is 4.79 Å². The quantitative estimate of drug-likeness (QED) is 0.428. The van der Waals surface area contributed by atoms with Gasteiger partial charge in [-0.3, -0.25) is 4.79 Å². The minimum atomic E-state index is -0.0510. The van der Waals surface area contributed by atoms with Crippen molar-refractivity contribution in [1.82, 2.24) is 14.9 Å². The molecule has 0 atom stereocenters. The largest absolute Gasteiger partial charge is 0.346 e. The van der Waals surface area contributed by atoms with E-state index in [-0.39, 0.29) is 5.91 Å². The summed E-state index contributed by atoms with van der Waals surface area (Å²) in [5, 5.41) is 1.08. The number of nitrogens with zero attached hydrogens (tertiary/aromatic N) is 3. The zero-order valence-electron chi connectivity index (χ0n) is 19.0. The van der Waals surface area contributed by atoms with Crippen molar-refractivity contribution in [2.24, 2.45) is 0 Å². The molecule has 162 valence electrons. The Morgan fingerprint density at radius 2 is 1.78 bits per heavy atom. The molecule has 4 rings (SSSR count). The Morgan fingerprint density at radius 3 is 2.56 bits per heavy atom. The number of H-pyrrole nitrogens is 1. The molecule has 0 aliphatic carbocycles. The highest BCUT2D eigenvalue weighted by molar-refractivity contribution is 6.01. The van der Waals surface area contributed by atoms with Gasteiger partial charge in [0.25, 0.3) is 0 Å². The second-order valence-corrected chi connectivity index (χ2v) is 8.30. The van der Waals surface area contributed by atoms with Gasteiger partial charge in [-0.1, -0.05) is 48.0 Å². The van der Waals surface area contributed by atoms with Gasteiger partial charge < -0.3 is 14.8 Å². The van der Waals surface area contributed by atoms with Crippen LogP contribution >= 0.6 is 0 Å². The number of hydrogen-bond acceptors (Lipinski definition) is 3. The van der Waals surface area contributed by atoms with Gasteiger partial charge >= 0.3 is 0 Å². The summed E-state index contributed by atoms with van der Waals surface area (Å²) in [4.78, 5) is 24.1. The molecule has 32 heavy (non-hydrogen) atoms. The van der Waals surface area contributed by atoms with E-state index >= 15 is 0 Å². The third-order valence-electron chi connectivity index (χ3n) is 5.49. The molecule has 4 aromatic rings. The summed E-state index contributed by atoms with van der Waals surface area (Å²) in [5.74, 6) is -0.0510. The van der Waals surface area contributed by atoms with Crippen LogP contribution in [0.1, 0.15) is 5.56 Å². The first-order chi connectivity index (χ1) is 15.4. The van der Waals surface area contributed by atoms with Crippen molar-refractivity contribution >= 4 is 22.6 Å². The Hall–Kier alpha value is -3.70. The van der Waals surface area contributed by atoms with Gasteiger partial charge in [-0.2, -0.15) is 0 Å². The summed E-state index contributed by atoms with van der Waals surface area (Å²) in [6, 6.07) is 18.6. The molecule has 0 fully saturated rings. The molecule has 2 aromatic heterocycles. The average molecular weight is 425 g/mol. The first-order valence-corrected chi connectivity index (χ1v) is 10.7. The van der Waals surface area contributed by atoms with Crippen LogP contribution in [0.25, 0.3) is 33.3 Å². The summed E-state index contributed by atoms with van der Waals surface area (Å²) in [7, 11) is 5.74. The van der Waals surface area contributed by atoms with Gasteiger partial charge in [0.05, 0.1) is 0 Å². The molecular weight excluding hydrogens is 396 g/mol. The number of nitrogens with one attached hydrogen (secondary N) is 1. The van der Waals surface area contributed by atoms with Gasteiger partial charge in [-0.25, -0.2) is 4.98 Å². The second-order valence-electron chi connectivity index (χ2n) is 8.30. The summed E-state index contributed by atoms with van der Waals surface area (Å²) < 4.78 is 0. The number of aryl methyl sites for hydroxylation is 1. The third kappa shape index (κ3) is 4.63. The van der Waals surface area contributed by atoms with E-state index in [4.69, 9.17) is 0 Å². The number of aromatic amines is 1. The van der Waals surface area contributed by atoms with Gasteiger partial charge in [-0.05, 0) is 50.3 Å². The van der Waals surface area contributed by atoms with E-state index in [0.29, 0.717) is 0 Å². The number of amides is 1. The van der Waals surface area contributed by atoms with Crippen LogP contribution in [-0.4, -0.2) is 48.5 Å². The zero-order chi connectivity index (χ0) is 22.7. The fourth-order valence-electron chi connectivity index (χ4n) is 3.71. The van der Waals surface area contributed by atoms with Crippen molar-refractivity contribution in [2.75, 3.05) is 32.6 Å². The number of fused-ring (bicyclic) bond motifs is 1. The van der Waals surface area contributed by atoms with E-state index in [1.165, 1.54) is 11.1 Å². The summed E-state index contributed by atoms with van der Waals surface area (Å²) in [5.41, 5.74) is 7.25. The lowest BCUT2D eigenvalue weighted by Crippen LogP contribution is -2.24. The predicted molar refractivity (Wildman–Crippen MR) is 133 cm³/mol. The molecule has 1 amide bonds. The summed E-state index contributed by atoms with van der Waals surface area (Å²) in [6.45, 7) is 2.83. The van der Waals surface area contributed by atoms with E-state index in [0.717, 1.165) is 40.0 Å². The van der Waals surface area contributed by atoms with E-state index < -0.39 is 0 Å². The first-order valence-electron chi connectivity index (χ1n) is 10.7. The molecule has 0 radical (unpaired) electrons. The number of carbonyl (C=O) groups excluding carboxylic acids is 1. The van der Waals surface area contributed by atoms with E-state index in [2.05, 4.69) is 47.2 Å². The van der Waals surface area contributed by atoms with Crippen LogP contribution in [0.4, 0.5) is 5.69 Å². The Balaban J connectivity index is 1.66. The van der Waals surface area contributed by atoms with Gasteiger partial charge in [0.1, 0.15) is 5.65 Å². The smallest absolute Gasteiger partial charge is 0.250 e. The number of pyridine rings is 1. The average Bonchev–Trinajstić information content (AvgIpc) is 3.21. The standard InChI is InChI=1S/C27H28N4O/c1-19-8-5-10-21(14-19)25-18-29-27-24(25)16-22(17-28-27)20-9-6-11-23(15-20)31(4)26(32)12-7-13-30(2)3/h5-12,14-18H,13H2,1-4H3,(H,28,29)/b12-7+. The van der Waals surface area contributed by atoms with Gasteiger partial charge in [0, 0.05) is 54.3 Å². The molecule has 5 nitrogen and oxygen atoms in total. The number of rotatable bonds is 6. The predicted octanol–water partition coefficient (Wildman–Crippen LogP) is 5.29. The normalized spacial score (nSPS) is 11.5. The lowest BCUT2D eigenvalue weighted by atomic mass is 10.0. The van der Waals surface area contributed by atoms with Crippen LogP contribution in [0.5, 0.6) is 0 Å². The van der Waals surface area contributed by atoms with Crippen LogP contribution in [0.15, 0.2) is 79.1 Å². The molecule has 0 aliphatic rings. The van der Waals surface area contributed by atoms with Crippen molar-refractivity contribution in [2.45, 2.75) is 6.92 Å². The molecule has 0 bridgehead atoms. The lowest BCUT2D eigenvalue weighted by Gasteiger charge is -2.16. The van der Waals surface area contributed by atoms with Crippen LogP contribution in [0.2, 0.25) is 0 Å². The topological polar surface area (TPSA) is 52.2 Å². The molecule has 2 heterocycles. The first kappa shape index (κ1) is 21.5. The van der Waals surface area contributed by atoms with Gasteiger partial charge in [0.2, 0.25) is 5.91 Å². The Labute approximate surface area is 189 Å². The zero-order valence-corrected chi connectivity index (χ0v) is 19.0. The SMILES string of the molecule is Cc1cccc(-c2c[nH]c3ncc(-c4cccc(N(C)C(=O)/C=C/CN(C)C)c4)cc23)c1. The molecule has 0 saturated heterocycles. The van der Waals surface area contributed by atoms with Gasteiger partial charge in [-0.15, -0.1) is 0 Å². The lowest BCUT2D eigenvalue weighted by molar-refractivity contribution is -0.113. The number of anilines is 1. The number of aromatic nitrogens is 2.